The van der Waals surface area contributed by atoms with E-state index in [-0.39, 0.29) is 5.91 Å². The number of hydrogen-bond donors (Lipinski definition) is 3. The summed E-state index contributed by atoms with van der Waals surface area (Å²) in [5.74, 6) is 0.694. The molecule has 0 aliphatic heterocycles. The maximum Gasteiger partial charge on any atom is 0.269 e. The lowest BCUT2D eigenvalue weighted by Crippen LogP contribution is -2.26. The fourth-order valence-corrected chi connectivity index (χ4v) is 3.17. The predicted molar refractivity (Wildman–Crippen MR) is 105 cm³/mol. The number of benzene rings is 1. The quantitative estimate of drug-likeness (QED) is 0.510. The van der Waals surface area contributed by atoms with Gasteiger partial charge in [0.1, 0.15) is 17.2 Å². The summed E-state index contributed by atoms with van der Waals surface area (Å²) in [6, 6.07) is 9.80. The number of hydrogen-bond acceptors (Lipinski definition) is 3. The van der Waals surface area contributed by atoms with Crippen LogP contribution in [0.3, 0.4) is 0 Å². The third kappa shape index (κ3) is 3.23. The van der Waals surface area contributed by atoms with Crippen LogP contribution in [0.2, 0.25) is 0 Å². The van der Waals surface area contributed by atoms with Crippen LogP contribution in [-0.4, -0.2) is 37.2 Å². The van der Waals surface area contributed by atoms with Crippen LogP contribution in [0, 0.1) is 13.8 Å². The molecule has 0 spiro atoms. The molecule has 0 radical (unpaired) electrons. The first kappa shape index (κ1) is 17.1. The average molecular weight is 362 g/mol. The number of aromatic amines is 2. The molecule has 4 aromatic rings. The molecule has 7 nitrogen and oxygen atoms in total. The number of nitrogens with zero attached hydrogens (tertiary/aromatic N) is 3. The number of H-pyrrole nitrogens is 2. The van der Waals surface area contributed by atoms with Crippen LogP contribution in [0.1, 0.15) is 27.4 Å². The molecule has 0 saturated carbocycles. The molecule has 4 rings (SSSR count). The Morgan fingerprint density at radius 1 is 1.26 bits per heavy atom. The Hall–Kier alpha value is -3.35. The Balaban J connectivity index is 1.39. The zero-order chi connectivity index (χ0) is 19.0. The van der Waals surface area contributed by atoms with Crippen LogP contribution in [0.25, 0.3) is 22.4 Å². The number of aromatic nitrogens is 5. The van der Waals surface area contributed by atoms with Gasteiger partial charge in [0.15, 0.2) is 0 Å². The van der Waals surface area contributed by atoms with Crippen LogP contribution in [0.5, 0.6) is 0 Å². The zero-order valence-electron chi connectivity index (χ0n) is 15.6. The fourth-order valence-electron chi connectivity index (χ4n) is 3.17. The highest BCUT2D eigenvalue weighted by Gasteiger charge is 2.13. The van der Waals surface area contributed by atoms with Crippen molar-refractivity contribution in [1.82, 2.24) is 30.0 Å². The van der Waals surface area contributed by atoms with Gasteiger partial charge in [-0.1, -0.05) is 6.07 Å². The van der Waals surface area contributed by atoms with Crippen LogP contribution in [0.15, 0.2) is 36.5 Å². The molecular weight excluding hydrogens is 340 g/mol. The van der Waals surface area contributed by atoms with Crippen LogP contribution < -0.4 is 5.32 Å². The molecule has 3 aromatic heterocycles. The normalized spacial score (nSPS) is 11.2. The summed E-state index contributed by atoms with van der Waals surface area (Å²) in [5, 5.41) is 9.95. The summed E-state index contributed by atoms with van der Waals surface area (Å²) >= 11 is 0. The molecular formula is C20H22N6O. The smallest absolute Gasteiger partial charge is 0.269 e. The van der Waals surface area contributed by atoms with Gasteiger partial charge in [0.25, 0.3) is 5.91 Å². The van der Waals surface area contributed by atoms with Crippen molar-refractivity contribution in [3.8, 4) is 11.4 Å². The van der Waals surface area contributed by atoms with Crippen molar-refractivity contribution in [2.75, 3.05) is 6.54 Å². The number of rotatable bonds is 5. The van der Waals surface area contributed by atoms with Crippen LogP contribution in [-0.2, 0) is 13.5 Å². The maximum absolute atomic E-state index is 12.4. The minimum absolute atomic E-state index is 0.175. The number of aryl methyl sites for hydroxylation is 3. The Labute approximate surface area is 156 Å². The van der Waals surface area contributed by atoms with E-state index >= 15 is 0 Å². The van der Waals surface area contributed by atoms with Crippen molar-refractivity contribution in [2.24, 2.45) is 7.05 Å². The molecule has 138 valence electrons. The van der Waals surface area contributed by atoms with Crippen LogP contribution in [0.4, 0.5) is 0 Å². The van der Waals surface area contributed by atoms with E-state index in [9.17, 15) is 4.79 Å². The number of carbonyl (C=O) groups excluding carboxylic acids is 1. The summed E-state index contributed by atoms with van der Waals surface area (Å²) in [6.07, 6.45) is 2.58. The second kappa shape index (κ2) is 6.75. The van der Waals surface area contributed by atoms with Crippen LogP contribution >= 0.6 is 0 Å². The highest BCUT2D eigenvalue weighted by Crippen LogP contribution is 2.19. The van der Waals surface area contributed by atoms with Gasteiger partial charge in [-0.2, -0.15) is 5.10 Å². The van der Waals surface area contributed by atoms with Crippen molar-refractivity contribution >= 4 is 16.9 Å². The molecule has 3 N–H and O–H groups in total. The lowest BCUT2D eigenvalue weighted by atomic mass is 10.1. The Bertz CT molecular complexity index is 1120. The molecule has 27 heavy (non-hydrogen) atoms. The molecule has 0 fully saturated rings. The Kier molecular flexibility index (Phi) is 4.27. The Morgan fingerprint density at radius 2 is 2.11 bits per heavy atom. The second-order valence-electron chi connectivity index (χ2n) is 6.76. The highest BCUT2D eigenvalue weighted by molar-refractivity contribution is 5.93. The van der Waals surface area contributed by atoms with Gasteiger partial charge in [-0.25, -0.2) is 4.98 Å². The molecule has 0 saturated heterocycles. The van der Waals surface area contributed by atoms with E-state index in [4.69, 9.17) is 0 Å². The summed E-state index contributed by atoms with van der Waals surface area (Å²) in [7, 11) is 1.94. The van der Waals surface area contributed by atoms with Gasteiger partial charge in [0, 0.05) is 26.2 Å². The van der Waals surface area contributed by atoms with Crippen molar-refractivity contribution < 1.29 is 4.79 Å². The largest absolute Gasteiger partial charge is 0.350 e. The van der Waals surface area contributed by atoms with Crippen molar-refractivity contribution in [3.63, 3.8) is 0 Å². The highest BCUT2D eigenvalue weighted by atomic mass is 16.1. The van der Waals surface area contributed by atoms with Crippen molar-refractivity contribution in [1.29, 1.82) is 0 Å². The lowest BCUT2D eigenvalue weighted by Gasteiger charge is -2.01. The maximum atomic E-state index is 12.4. The molecule has 0 aliphatic rings. The fraction of sp³-hybridized carbons (Fsp3) is 0.250. The molecule has 7 heteroatoms. The second-order valence-corrected chi connectivity index (χ2v) is 6.76. The number of carbonyl (C=O) groups is 1. The lowest BCUT2D eigenvalue weighted by molar-refractivity contribution is 0.0949. The van der Waals surface area contributed by atoms with E-state index in [1.165, 1.54) is 11.1 Å². The zero-order valence-corrected chi connectivity index (χ0v) is 15.6. The molecule has 0 aliphatic carbocycles. The van der Waals surface area contributed by atoms with E-state index < -0.39 is 0 Å². The number of imidazole rings is 1. The average Bonchev–Trinajstić information content (AvgIpc) is 3.37. The topological polar surface area (TPSA) is 91.4 Å². The Morgan fingerprint density at radius 3 is 2.89 bits per heavy atom. The van der Waals surface area contributed by atoms with Gasteiger partial charge in [-0.05, 0) is 49.2 Å². The third-order valence-electron chi connectivity index (χ3n) is 4.90. The molecule has 0 unspecified atom stereocenters. The van der Waals surface area contributed by atoms with Gasteiger partial charge >= 0.3 is 0 Å². The van der Waals surface area contributed by atoms with Gasteiger partial charge in [-0.3, -0.25) is 9.89 Å². The first-order chi connectivity index (χ1) is 13.0. The van der Waals surface area contributed by atoms with E-state index in [0.717, 1.165) is 28.2 Å². The van der Waals surface area contributed by atoms with Gasteiger partial charge in [-0.15, -0.1) is 0 Å². The molecule has 0 bridgehead atoms. The summed E-state index contributed by atoms with van der Waals surface area (Å²) in [6.45, 7) is 4.65. The SMILES string of the molecule is Cc1ccc2[nH]c(CCNC(=O)c3cc(-c4cccn4C)n[nH]3)nc2c1C. The van der Waals surface area contributed by atoms with Gasteiger partial charge in [0.2, 0.25) is 0 Å². The first-order valence-corrected chi connectivity index (χ1v) is 8.93. The molecule has 1 amide bonds. The van der Waals surface area contributed by atoms with Gasteiger partial charge in [0.05, 0.1) is 16.7 Å². The van der Waals surface area contributed by atoms with E-state index in [1.54, 1.807) is 6.07 Å². The number of nitrogens with one attached hydrogen (secondary N) is 3. The standard InChI is InChI=1S/C20H22N6O/c1-12-6-7-14-19(13(12)2)23-18(22-14)8-9-21-20(27)16-11-15(24-25-16)17-5-4-10-26(17)3/h4-7,10-11H,8-9H2,1-3H3,(H,21,27)(H,22,23)(H,24,25). The van der Waals surface area contributed by atoms with Gasteiger partial charge < -0.3 is 14.9 Å². The third-order valence-corrected chi connectivity index (χ3v) is 4.90. The number of amides is 1. The summed E-state index contributed by atoms with van der Waals surface area (Å²) in [5.41, 5.74) is 6.58. The predicted octanol–water partition coefficient (Wildman–Crippen LogP) is 2.88. The number of fused-ring (bicyclic) bond motifs is 1. The summed E-state index contributed by atoms with van der Waals surface area (Å²) < 4.78 is 1.96. The first-order valence-electron chi connectivity index (χ1n) is 8.93. The minimum atomic E-state index is -0.175. The van der Waals surface area contributed by atoms with E-state index in [1.807, 2.05) is 36.0 Å². The van der Waals surface area contributed by atoms with Crippen molar-refractivity contribution in [3.05, 3.63) is 59.2 Å². The monoisotopic (exact) mass is 362 g/mol. The molecule has 0 atom stereocenters. The molecule has 1 aromatic carbocycles. The van der Waals surface area contributed by atoms with Crippen molar-refractivity contribution in [2.45, 2.75) is 20.3 Å². The minimum Gasteiger partial charge on any atom is -0.350 e. The van der Waals surface area contributed by atoms with E-state index in [2.05, 4.69) is 45.4 Å². The summed E-state index contributed by atoms with van der Waals surface area (Å²) in [4.78, 5) is 20.3. The van der Waals surface area contributed by atoms with E-state index in [0.29, 0.717) is 18.7 Å². The molecule has 3 heterocycles.